The van der Waals surface area contributed by atoms with Gasteiger partial charge in [0.1, 0.15) is 11.3 Å². The molecule has 6 heteroatoms. The Bertz CT molecular complexity index is 717. The number of aromatic nitrogens is 1. The summed E-state index contributed by atoms with van der Waals surface area (Å²) in [6.45, 7) is 0.547. The Labute approximate surface area is 132 Å². The van der Waals surface area contributed by atoms with Crippen LogP contribution in [0.25, 0.3) is 0 Å². The van der Waals surface area contributed by atoms with Crippen LogP contribution in [-0.2, 0) is 10.3 Å². The molecule has 1 aromatic heterocycles. The van der Waals surface area contributed by atoms with Gasteiger partial charge in [0.05, 0.1) is 18.1 Å². The number of methoxy groups -OCH3 is 1. The third-order valence-electron chi connectivity index (χ3n) is 4.05. The van der Waals surface area contributed by atoms with E-state index in [1.165, 1.54) is 0 Å². The summed E-state index contributed by atoms with van der Waals surface area (Å²) in [5.41, 5.74) is 7.49. The molecule has 2 unspecified atom stereocenters. The van der Waals surface area contributed by atoms with E-state index in [1.54, 1.807) is 31.3 Å². The van der Waals surface area contributed by atoms with E-state index in [4.69, 9.17) is 20.2 Å². The number of thioether (sulfide) groups is 1. The number of benzene rings is 1. The summed E-state index contributed by atoms with van der Waals surface area (Å²) in [6, 6.07) is 9.90. The number of pyridine rings is 1. The highest BCUT2D eigenvalue weighted by Crippen LogP contribution is 2.55. The van der Waals surface area contributed by atoms with Crippen LogP contribution in [0, 0.1) is 0 Å². The largest absolute Gasteiger partial charge is 0.455 e. The molecule has 22 heavy (non-hydrogen) atoms. The molecule has 0 aliphatic carbocycles. The van der Waals surface area contributed by atoms with E-state index in [0.29, 0.717) is 11.8 Å². The molecule has 1 spiro atoms. The summed E-state index contributed by atoms with van der Waals surface area (Å²) in [5.74, 6) is 1.52. The van der Waals surface area contributed by atoms with Gasteiger partial charge in [-0.1, -0.05) is 30.0 Å². The molecule has 0 saturated carbocycles. The molecule has 0 saturated heterocycles. The van der Waals surface area contributed by atoms with Crippen LogP contribution in [0.15, 0.2) is 47.7 Å². The number of nitrogens with zero attached hydrogens (tertiary/aromatic N) is 2. The Balaban J connectivity index is 2.02. The van der Waals surface area contributed by atoms with Gasteiger partial charge >= 0.3 is 0 Å². The molecule has 2 aliphatic heterocycles. The fourth-order valence-electron chi connectivity index (χ4n) is 3.19. The lowest BCUT2D eigenvalue weighted by Gasteiger charge is -2.38. The SMILES string of the molecule is COCC1SC(N)=NC12c1ccccc1Oc1cnccc12. The molecule has 2 atom stereocenters. The third-order valence-corrected chi connectivity index (χ3v) is 5.14. The smallest absolute Gasteiger partial charge is 0.155 e. The Morgan fingerprint density at radius 3 is 2.95 bits per heavy atom. The van der Waals surface area contributed by atoms with Gasteiger partial charge < -0.3 is 15.2 Å². The first kappa shape index (κ1) is 13.6. The average Bonchev–Trinajstić information content (AvgIpc) is 2.85. The van der Waals surface area contributed by atoms with Crippen LogP contribution in [0.2, 0.25) is 0 Å². The van der Waals surface area contributed by atoms with Crippen molar-refractivity contribution in [2.24, 2.45) is 10.7 Å². The predicted octanol–water partition coefficient (Wildman–Crippen LogP) is 2.51. The Morgan fingerprint density at radius 2 is 2.09 bits per heavy atom. The van der Waals surface area contributed by atoms with Crippen molar-refractivity contribution in [1.82, 2.24) is 4.98 Å². The number of fused-ring (bicyclic) bond motifs is 4. The molecule has 2 aliphatic rings. The van der Waals surface area contributed by atoms with Crippen LogP contribution in [0.3, 0.4) is 0 Å². The lowest BCUT2D eigenvalue weighted by atomic mass is 9.78. The van der Waals surface area contributed by atoms with E-state index >= 15 is 0 Å². The minimum Gasteiger partial charge on any atom is -0.455 e. The topological polar surface area (TPSA) is 69.7 Å². The molecule has 4 rings (SSSR count). The monoisotopic (exact) mass is 313 g/mol. The lowest BCUT2D eigenvalue weighted by Crippen LogP contribution is -2.39. The molecule has 0 radical (unpaired) electrons. The van der Waals surface area contributed by atoms with Gasteiger partial charge in [-0.2, -0.15) is 0 Å². The van der Waals surface area contributed by atoms with Crippen molar-refractivity contribution >= 4 is 16.9 Å². The van der Waals surface area contributed by atoms with E-state index < -0.39 is 5.54 Å². The van der Waals surface area contributed by atoms with Crippen LogP contribution in [-0.4, -0.2) is 29.1 Å². The van der Waals surface area contributed by atoms with E-state index in [2.05, 4.69) is 4.98 Å². The van der Waals surface area contributed by atoms with Gasteiger partial charge in [-0.25, -0.2) is 4.99 Å². The maximum absolute atomic E-state index is 6.08. The summed E-state index contributed by atoms with van der Waals surface area (Å²) in [6.07, 6.45) is 3.49. The summed E-state index contributed by atoms with van der Waals surface area (Å²) >= 11 is 1.55. The number of para-hydroxylation sites is 1. The summed E-state index contributed by atoms with van der Waals surface area (Å²) < 4.78 is 11.4. The van der Waals surface area contributed by atoms with Gasteiger partial charge in [0.25, 0.3) is 0 Å². The van der Waals surface area contributed by atoms with Crippen molar-refractivity contribution in [3.05, 3.63) is 53.9 Å². The van der Waals surface area contributed by atoms with E-state index in [9.17, 15) is 0 Å². The van der Waals surface area contributed by atoms with Gasteiger partial charge in [0, 0.05) is 24.4 Å². The summed E-state index contributed by atoms with van der Waals surface area (Å²) in [5, 5.41) is 0.630. The first-order valence-electron chi connectivity index (χ1n) is 6.98. The minimum absolute atomic E-state index is 0.0590. The van der Waals surface area contributed by atoms with Gasteiger partial charge in [-0.3, -0.25) is 4.98 Å². The molecule has 2 N–H and O–H groups in total. The lowest BCUT2D eigenvalue weighted by molar-refractivity contribution is 0.181. The average molecular weight is 313 g/mol. The number of rotatable bonds is 2. The maximum atomic E-state index is 6.08. The second kappa shape index (κ2) is 5.00. The zero-order valence-corrected chi connectivity index (χ0v) is 12.8. The molecule has 2 aromatic rings. The van der Waals surface area contributed by atoms with Crippen molar-refractivity contribution < 1.29 is 9.47 Å². The molecule has 1 aromatic carbocycles. The number of aliphatic imine (C=N–C) groups is 1. The molecule has 0 bridgehead atoms. The van der Waals surface area contributed by atoms with Gasteiger partial charge in [0.2, 0.25) is 0 Å². The molecule has 3 heterocycles. The molecular formula is C16H15N3O2S. The fourth-order valence-corrected chi connectivity index (χ4v) is 4.36. The molecule has 0 fully saturated rings. The van der Waals surface area contributed by atoms with Crippen LogP contribution in [0.1, 0.15) is 11.1 Å². The summed E-state index contributed by atoms with van der Waals surface area (Å²) in [7, 11) is 1.70. The molecular weight excluding hydrogens is 298 g/mol. The van der Waals surface area contributed by atoms with Crippen LogP contribution in [0.5, 0.6) is 11.5 Å². The Kier molecular flexibility index (Phi) is 3.09. The van der Waals surface area contributed by atoms with Crippen molar-refractivity contribution in [2.75, 3.05) is 13.7 Å². The quantitative estimate of drug-likeness (QED) is 0.922. The van der Waals surface area contributed by atoms with Crippen molar-refractivity contribution in [3.8, 4) is 11.5 Å². The number of amidine groups is 1. The standard InChI is InChI=1S/C16H15N3O2S/c1-20-9-14-16(19-15(17)22-14)10-4-2-3-5-12(10)21-13-8-18-7-6-11(13)16/h2-8,14H,9H2,1H3,(H2,17,19). The fraction of sp³-hybridized carbons (Fsp3) is 0.250. The van der Waals surface area contributed by atoms with Crippen molar-refractivity contribution in [3.63, 3.8) is 0 Å². The predicted molar refractivity (Wildman–Crippen MR) is 86.4 cm³/mol. The van der Waals surface area contributed by atoms with Gasteiger partial charge in [0.15, 0.2) is 10.9 Å². The summed E-state index contributed by atoms with van der Waals surface area (Å²) in [4.78, 5) is 9.00. The minimum atomic E-state index is -0.585. The van der Waals surface area contributed by atoms with Crippen molar-refractivity contribution in [1.29, 1.82) is 0 Å². The van der Waals surface area contributed by atoms with Crippen LogP contribution in [0.4, 0.5) is 0 Å². The number of nitrogens with two attached hydrogens (primary N) is 1. The van der Waals surface area contributed by atoms with Gasteiger partial charge in [-0.15, -0.1) is 0 Å². The van der Waals surface area contributed by atoms with Crippen molar-refractivity contribution in [2.45, 2.75) is 10.8 Å². The second-order valence-electron chi connectivity index (χ2n) is 5.25. The first-order valence-corrected chi connectivity index (χ1v) is 7.86. The highest BCUT2D eigenvalue weighted by atomic mass is 32.2. The zero-order valence-electron chi connectivity index (χ0n) is 12.0. The van der Waals surface area contributed by atoms with E-state index in [-0.39, 0.29) is 5.25 Å². The number of hydrogen-bond donors (Lipinski definition) is 1. The maximum Gasteiger partial charge on any atom is 0.155 e. The highest BCUT2D eigenvalue weighted by Gasteiger charge is 2.52. The first-order chi connectivity index (χ1) is 10.8. The van der Waals surface area contributed by atoms with E-state index in [0.717, 1.165) is 22.6 Å². The zero-order chi connectivity index (χ0) is 15.2. The second-order valence-corrected chi connectivity index (χ2v) is 6.47. The van der Waals surface area contributed by atoms with Crippen LogP contribution >= 0.6 is 11.8 Å². The molecule has 0 amide bonds. The van der Waals surface area contributed by atoms with Gasteiger partial charge in [-0.05, 0) is 12.1 Å². The Hall–Kier alpha value is -2.05. The Morgan fingerprint density at radius 1 is 1.27 bits per heavy atom. The number of hydrogen-bond acceptors (Lipinski definition) is 6. The molecule has 112 valence electrons. The van der Waals surface area contributed by atoms with E-state index in [1.807, 2.05) is 30.3 Å². The van der Waals surface area contributed by atoms with Crippen LogP contribution < -0.4 is 10.5 Å². The third kappa shape index (κ3) is 1.77. The normalized spacial score (nSPS) is 25.3. The number of ether oxygens (including phenoxy) is 2. The molecule has 5 nitrogen and oxygen atoms in total. The highest BCUT2D eigenvalue weighted by molar-refractivity contribution is 8.14.